The van der Waals surface area contributed by atoms with Crippen molar-refractivity contribution < 1.29 is 14.4 Å². The van der Waals surface area contributed by atoms with Crippen molar-refractivity contribution in [3.8, 4) is 0 Å². The maximum atomic E-state index is 11.8. The van der Waals surface area contributed by atoms with Crippen LogP contribution in [0.3, 0.4) is 0 Å². The minimum atomic E-state index is -0.766. The van der Waals surface area contributed by atoms with E-state index in [2.05, 4.69) is 87.2 Å². The highest BCUT2D eigenvalue weighted by Gasteiger charge is 2.52. The first kappa shape index (κ1) is 22.2. The van der Waals surface area contributed by atoms with Gasteiger partial charge < -0.3 is 14.4 Å². The molecule has 32 heavy (non-hydrogen) atoms. The average molecular weight is 433 g/mol. The molecular weight excluding hydrogens is 397 g/mol. The second kappa shape index (κ2) is 7.98. The molecule has 3 aliphatic rings. The van der Waals surface area contributed by atoms with Gasteiger partial charge >= 0.3 is 7.12 Å². The number of benzene rings is 2. The molecule has 5 rings (SSSR count). The highest BCUT2D eigenvalue weighted by Crippen LogP contribution is 2.45. The van der Waals surface area contributed by atoms with E-state index < -0.39 is 5.60 Å². The third-order valence-electron chi connectivity index (χ3n) is 8.34. The molecule has 0 aliphatic carbocycles. The molecule has 0 aromatic heterocycles. The van der Waals surface area contributed by atoms with Crippen LogP contribution in [-0.2, 0) is 21.5 Å². The van der Waals surface area contributed by atoms with Gasteiger partial charge in [0.25, 0.3) is 0 Å². The van der Waals surface area contributed by atoms with Crippen LogP contribution in [0, 0.1) is 0 Å². The van der Waals surface area contributed by atoms with Crippen molar-refractivity contribution in [1.82, 2.24) is 4.90 Å². The van der Waals surface area contributed by atoms with Crippen LogP contribution in [0.2, 0.25) is 0 Å². The second-order valence-corrected chi connectivity index (χ2v) is 11.0. The van der Waals surface area contributed by atoms with Gasteiger partial charge in [-0.25, -0.2) is 0 Å². The van der Waals surface area contributed by atoms with Gasteiger partial charge in [0.1, 0.15) is 0 Å². The van der Waals surface area contributed by atoms with Crippen molar-refractivity contribution in [2.45, 2.75) is 95.2 Å². The number of fused-ring (bicyclic) bond motifs is 2. The van der Waals surface area contributed by atoms with Crippen molar-refractivity contribution in [2.24, 2.45) is 0 Å². The normalized spacial score (nSPS) is 31.6. The summed E-state index contributed by atoms with van der Waals surface area (Å²) in [5.74, 6) is 0. The Morgan fingerprint density at radius 2 is 1.44 bits per heavy atom. The SMILES string of the molecule is CC1(C)OB(c2ccc(C3(O)CC4CCCC(C3)N4Cc3ccccc3)cc2)OC1(C)C. The van der Waals surface area contributed by atoms with E-state index in [0.717, 1.165) is 43.3 Å². The lowest BCUT2D eigenvalue weighted by Crippen LogP contribution is -2.56. The molecular formula is C27H36BNO3. The Bertz CT molecular complexity index is 913. The molecule has 3 saturated heterocycles. The number of hydrogen-bond donors (Lipinski definition) is 1. The predicted octanol–water partition coefficient (Wildman–Crippen LogP) is 4.39. The summed E-state index contributed by atoms with van der Waals surface area (Å²) in [6, 6.07) is 19.9. The molecule has 0 radical (unpaired) electrons. The lowest BCUT2D eigenvalue weighted by molar-refractivity contribution is -0.0999. The Hall–Kier alpha value is -1.66. The van der Waals surface area contributed by atoms with E-state index in [9.17, 15) is 5.11 Å². The first-order valence-corrected chi connectivity index (χ1v) is 12.2. The number of rotatable bonds is 4. The van der Waals surface area contributed by atoms with Crippen molar-refractivity contribution in [3.63, 3.8) is 0 Å². The number of nitrogens with zero attached hydrogens (tertiary/aromatic N) is 1. The number of hydrogen-bond acceptors (Lipinski definition) is 4. The molecule has 170 valence electrons. The van der Waals surface area contributed by atoms with Gasteiger partial charge in [0.05, 0.1) is 16.8 Å². The summed E-state index contributed by atoms with van der Waals surface area (Å²) in [7, 11) is -0.365. The molecule has 2 unspecified atom stereocenters. The minimum Gasteiger partial charge on any atom is -0.399 e. The molecule has 2 atom stereocenters. The Balaban J connectivity index is 1.32. The van der Waals surface area contributed by atoms with E-state index in [4.69, 9.17) is 9.31 Å². The van der Waals surface area contributed by atoms with Gasteiger partial charge in [-0.1, -0.05) is 61.0 Å². The highest BCUT2D eigenvalue weighted by molar-refractivity contribution is 6.62. The molecule has 0 spiro atoms. The van der Waals surface area contributed by atoms with Crippen LogP contribution in [0.5, 0.6) is 0 Å². The molecule has 3 fully saturated rings. The van der Waals surface area contributed by atoms with E-state index in [-0.39, 0.29) is 18.3 Å². The van der Waals surface area contributed by atoms with Crippen molar-refractivity contribution in [1.29, 1.82) is 0 Å². The largest absolute Gasteiger partial charge is 0.494 e. The van der Waals surface area contributed by atoms with Gasteiger partial charge in [0, 0.05) is 18.6 Å². The Morgan fingerprint density at radius 3 is 2.00 bits per heavy atom. The second-order valence-electron chi connectivity index (χ2n) is 11.0. The molecule has 4 nitrogen and oxygen atoms in total. The Kier molecular flexibility index (Phi) is 5.53. The fraction of sp³-hybridized carbons (Fsp3) is 0.556. The van der Waals surface area contributed by atoms with Crippen LogP contribution in [0.1, 0.15) is 70.9 Å². The van der Waals surface area contributed by atoms with Gasteiger partial charge in [-0.3, -0.25) is 4.90 Å². The summed E-state index contributed by atoms with van der Waals surface area (Å²) in [5, 5.41) is 11.8. The lowest BCUT2D eigenvalue weighted by Gasteiger charge is -2.52. The van der Waals surface area contributed by atoms with Crippen LogP contribution >= 0.6 is 0 Å². The van der Waals surface area contributed by atoms with Crippen molar-refractivity contribution in [2.75, 3.05) is 0 Å². The molecule has 2 bridgehead atoms. The van der Waals surface area contributed by atoms with Crippen LogP contribution in [0.25, 0.3) is 0 Å². The van der Waals surface area contributed by atoms with E-state index in [1.807, 2.05) is 0 Å². The molecule has 5 heteroatoms. The van der Waals surface area contributed by atoms with E-state index >= 15 is 0 Å². The maximum Gasteiger partial charge on any atom is 0.494 e. The van der Waals surface area contributed by atoms with Crippen LogP contribution < -0.4 is 5.46 Å². The molecule has 2 aromatic carbocycles. The lowest BCUT2D eigenvalue weighted by atomic mass is 9.71. The van der Waals surface area contributed by atoms with Crippen molar-refractivity contribution in [3.05, 3.63) is 65.7 Å². The van der Waals surface area contributed by atoms with Gasteiger partial charge in [-0.05, 0) is 70.0 Å². The Morgan fingerprint density at radius 1 is 0.875 bits per heavy atom. The molecule has 3 aliphatic heterocycles. The van der Waals surface area contributed by atoms with Gasteiger partial charge in [-0.2, -0.15) is 0 Å². The summed E-state index contributed by atoms with van der Waals surface area (Å²) in [6.45, 7) is 9.28. The van der Waals surface area contributed by atoms with Gasteiger partial charge in [0.2, 0.25) is 0 Å². The predicted molar refractivity (Wildman–Crippen MR) is 129 cm³/mol. The summed E-state index contributed by atoms with van der Waals surface area (Å²) >= 11 is 0. The van der Waals surface area contributed by atoms with Crippen molar-refractivity contribution >= 4 is 12.6 Å². The zero-order valence-corrected chi connectivity index (χ0v) is 19.9. The van der Waals surface area contributed by atoms with Crippen LogP contribution in [-0.4, -0.2) is 40.4 Å². The zero-order valence-electron chi connectivity index (χ0n) is 19.9. The quantitative estimate of drug-likeness (QED) is 0.727. The topological polar surface area (TPSA) is 41.9 Å². The maximum absolute atomic E-state index is 11.8. The minimum absolute atomic E-state index is 0.350. The molecule has 2 aromatic rings. The van der Waals surface area contributed by atoms with E-state index in [1.54, 1.807) is 0 Å². The van der Waals surface area contributed by atoms with E-state index in [1.165, 1.54) is 12.0 Å². The third kappa shape index (κ3) is 3.94. The zero-order chi connectivity index (χ0) is 22.6. The Labute approximate surface area is 193 Å². The fourth-order valence-electron chi connectivity index (χ4n) is 5.74. The first-order valence-electron chi connectivity index (χ1n) is 12.2. The molecule has 1 N–H and O–H groups in total. The first-order chi connectivity index (χ1) is 15.2. The monoisotopic (exact) mass is 433 g/mol. The summed E-state index contributed by atoms with van der Waals surface area (Å²) in [4.78, 5) is 2.64. The number of piperidine rings is 2. The smallest absolute Gasteiger partial charge is 0.399 e. The highest BCUT2D eigenvalue weighted by atomic mass is 16.7. The van der Waals surface area contributed by atoms with Gasteiger partial charge in [0.15, 0.2) is 0 Å². The third-order valence-corrected chi connectivity index (χ3v) is 8.34. The average Bonchev–Trinajstić information content (AvgIpc) is 2.97. The fourth-order valence-corrected chi connectivity index (χ4v) is 5.74. The number of aliphatic hydroxyl groups is 1. The molecule has 0 saturated carbocycles. The van der Waals surface area contributed by atoms with Crippen LogP contribution in [0.15, 0.2) is 54.6 Å². The van der Waals surface area contributed by atoms with Crippen LogP contribution in [0.4, 0.5) is 0 Å². The van der Waals surface area contributed by atoms with Gasteiger partial charge in [-0.15, -0.1) is 0 Å². The standard InChI is InChI=1S/C27H36BNO3/c1-25(2)26(3,4)32-28(31-25)22-15-13-21(14-16-22)27(30)17-23-11-8-12-24(18-27)29(23)19-20-9-6-5-7-10-20/h5-7,9-10,13-16,23-24,30H,8,11-12,17-19H2,1-4H3. The summed E-state index contributed by atoms with van der Waals surface area (Å²) < 4.78 is 12.4. The molecule has 3 heterocycles. The summed E-state index contributed by atoms with van der Waals surface area (Å²) in [5.41, 5.74) is 1.93. The van der Waals surface area contributed by atoms with E-state index in [0.29, 0.717) is 12.1 Å². The summed E-state index contributed by atoms with van der Waals surface area (Å²) in [6.07, 6.45) is 5.19. The molecule has 0 amide bonds.